The van der Waals surface area contributed by atoms with Crippen LogP contribution in [-0.4, -0.2) is 33.6 Å². The summed E-state index contributed by atoms with van der Waals surface area (Å²) in [5.74, 6) is -1.28. The Labute approximate surface area is 207 Å². The van der Waals surface area contributed by atoms with Crippen molar-refractivity contribution in [3.05, 3.63) is 65.2 Å². The lowest BCUT2D eigenvalue weighted by atomic mass is 10.1. The van der Waals surface area contributed by atoms with Crippen molar-refractivity contribution in [2.45, 2.75) is 23.1 Å². The Morgan fingerprint density at radius 1 is 0.970 bits per heavy atom. The molecule has 1 amide bonds. The maximum Gasteiger partial charge on any atom is 0.416 e. The van der Waals surface area contributed by atoms with Crippen molar-refractivity contribution in [2.75, 3.05) is 11.9 Å². The highest BCUT2D eigenvalue weighted by atomic mass is 35.6. The van der Waals surface area contributed by atoms with Crippen LogP contribution in [0.15, 0.2) is 48.5 Å². The lowest BCUT2D eigenvalue weighted by Gasteiger charge is -2.27. The minimum atomic E-state index is -4.54. The van der Waals surface area contributed by atoms with Crippen LogP contribution in [0.3, 0.4) is 0 Å². The molecule has 33 heavy (non-hydrogen) atoms. The number of benzene rings is 2. The molecule has 0 aliphatic heterocycles. The molecular weight excluding hydrogens is 526 g/mol. The van der Waals surface area contributed by atoms with E-state index in [-0.39, 0.29) is 17.3 Å². The zero-order valence-electron chi connectivity index (χ0n) is 16.8. The Morgan fingerprint density at radius 2 is 1.52 bits per heavy atom. The number of halogens is 6. The third-order valence-electron chi connectivity index (χ3n) is 4.01. The van der Waals surface area contributed by atoms with Crippen LogP contribution in [0.25, 0.3) is 0 Å². The summed E-state index contributed by atoms with van der Waals surface area (Å²) in [6, 6.07) is 9.67. The number of hydrogen-bond donors (Lipinski definition) is 3. The van der Waals surface area contributed by atoms with Crippen molar-refractivity contribution in [3.63, 3.8) is 0 Å². The van der Waals surface area contributed by atoms with Crippen LogP contribution in [0.1, 0.15) is 33.2 Å². The summed E-state index contributed by atoms with van der Waals surface area (Å²) in [4.78, 5) is 24.1. The second-order valence-electron chi connectivity index (χ2n) is 6.42. The number of rotatable bonds is 6. The highest BCUT2D eigenvalue weighted by Gasteiger charge is 2.35. The number of hydrogen-bond acceptors (Lipinski definition) is 4. The minimum absolute atomic E-state index is 0.0390. The predicted molar refractivity (Wildman–Crippen MR) is 125 cm³/mol. The number of thiocarbonyl (C=S) groups is 1. The molecule has 0 aromatic heterocycles. The number of amides is 1. The van der Waals surface area contributed by atoms with Gasteiger partial charge in [0.25, 0.3) is 5.91 Å². The summed E-state index contributed by atoms with van der Waals surface area (Å²) in [5.41, 5.74) is -0.172. The largest absolute Gasteiger partial charge is 0.462 e. The van der Waals surface area contributed by atoms with Crippen LogP contribution in [0.2, 0.25) is 0 Å². The van der Waals surface area contributed by atoms with Gasteiger partial charge in [-0.05, 0) is 67.7 Å². The Kier molecular flexibility index (Phi) is 9.19. The molecule has 2 aromatic carbocycles. The highest BCUT2D eigenvalue weighted by Crippen LogP contribution is 2.30. The fraction of sp³-hybridized carbons (Fsp3) is 0.250. The van der Waals surface area contributed by atoms with Gasteiger partial charge in [-0.15, -0.1) is 0 Å². The van der Waals surface area contributed by atoms with Crippen LogP contribution >= 0.6 is 47.0 Å². The number of anilines is 1. The van der Waals surface area contributed by atoms with Crippen molar-refractivity contribution in [1.29, 1.82) is 0 Å². The van der Waals surface area contributed by atoms with E-state index in [0.29, 0.717) is 11.3 Å². The molecule has 0 saturated heterocycles. The second-order valence-corrected chi connectivity index (χ2v) is 9.20. The molecule has 0 radical (unpaired) electrons. The van der Waals surface area contributed by atoms with Crippen molar-refractivity contribution < 1.29 is 27.5 Å². The SMILES string of the molecule is CCOC(=O)c1ccc(NC(=S)N[C@H](NC(=O)c2ccc(C(F)(F)F)cc2)C(Cl)(Cl)Cl)cc1. The van der Waals surface area contributed by atoms with Gasteiger partial charge in [0.15, 0.2) is 5.11 Å². The van der Waals surface area contributed by atoms with Crippen molar-refractivity contribution >= 4 is 69.7 Å². The summed E-state index contributed by atoms with van der Waals surface area (Å²) < 4.78 is 40.9. The Hall–Kier alpha value is -2.27. The fourth-order valence-electron chi connectivity index (χ4n) is 2.43. The van der Waals surface area contributed by atoms with E-state index in [0.717, 1.165) is 24.3 Å². The Bertz CT molecular complexity index is 998. The molecule has 0 bridgehead atoms. The lowest BCUT2D eigenvalue weighted by molar-refractivity contribution is -0.137. The molecule has 2 aromatic rings. The second kappa shape index (κ2) is 11.2. The number of esters is 1. The van der Waals surface area contributed by atoms with E-state index in [1.165, 1.54) is 12.1 Å². The van der Waals surface area contributed by atoms with E-state index in [1.54, 1.807) is 19.1 Å². The van der Waals surface area contributed by atoms with Gasteiger partial charge in [-0.2, -0.15) is 13.2 Å². The number of ether oxygens (including phenoxy) is 1. The van der Waals surface area contributed by atoms with Gasteiger partial charge in [-0.3, -0.25) is 4.79 Å². The zero-order chi connectivity index (χ0) is 24.8. The summed E-state index contributed by atoms with van der Waals surface area (Å²) in [6.45, 7) is 1.93. The molecule has 0 spiro atoms. The zero-order valence-corrected chi connectivity index (χ0v) is 19.9. The fourth-order valence-corrected chi connectivity index (χ4v) is 2.99. The topological polar surface area (TPSA) is 79.5 Å². The molecule has 3 N–H and O–H groups in total. The molecule has 178 valence electrons. The third-order valence-corrected chi connectivity index (χ3v) is 4.88. The number of alkyl halides is 6. The van der Waals surface area contributed by atoms with Crippen molar-refractivity contribution in [3.8, 4) is 0 Å². The quantitative estimate of drug-likeness (QED) is 0.199. The molecule has 0 saturated carbocycles. The van der Waals surface area contributed by atoms with E-state index < -0.39 is 33.6 Å². The summed E-state index contributed by atoms with van der Waals surface area (Å²) >= 11 is 22.9. The minimum Gasteiger partial charge on any atom is -0.462 e. The van der Waals surface area contributed by atoms with Gasteiger partial charge in [0, 0.05) is 11.3 Å². The van der Waals surface area contributed by atoms with E-state index in [9.17, 15) is 22.8 Å². The number of carbonyl (C=O) groups excluding carboxylic acids is 2. The summed E-state index contributed by atoms with van der Waals surface area (Å²) in [7, 11) is 0. The average molecular weight is 543 g/mol. The summed E-state index contributed by atoms with van der Waals surface area (Å²) in [5, 5.41) is 7.75. The molecule has 0 fully saturated rings. The molecule has 0 heterocycles. The van der Waals surface area contributed by atoms with Gasteiger partial charge in [0.05, 0.1) is 17.7 Å². The maximum atomic E-state index is 12.7. The molecule has 1 atom stereocenters. The van der Waals surface area contributed by atoms with Crippen LogP contribution in [0.5, 0.6) is 0 Å². The molecule has 0 unspecified atom stereocenters. The summed E-state index contributed by atoms with van der Waals surface area (Å²) in [6.07, 6.45) is -5.88. The molecule has 0 aliphatic rings. The first-order valence-electron chi connectivity index (χ1n) is 9.20. The van der Waals surface area contributed by atoms with E-state index in [4.69, 9.17) is 51.8 Å². The lowest BCUT2D eigenvalue weighted by Crippen LogP contribution is -2.56. The monoisotopic (exact) mass is 541 g/mol. The first kappa shape index (κ1) is 27.0. The Balaban J connectivity index is 2.04. The van der Waals surface area contributed by atoms with E-state index in [1.807, 2.05) is 0 Å². The van der Waals surface area contributed by atoms with E-state index in [2.05, 4.69) is 16.0 Å². The standard InChI is InChI=1S/C20H17Cl3F3N3O3S/c1-2-32-16(31)12-5-9-14(10-6-12)27-18(33)29-17(19(21,22)23)28-15(30)11-3-7-13(8-4-11)20(24,25)26/h3-10,17H,2H2,1H3,(H,28,30)(H2,27,29,33)/t17-/m0/s1. The first-order valence-corrected chi connectivity index (χ1v) is 10.7. The third kappa shape index (κ3) is 8.22. The van der Waals surface area contributed by atoms with Crippen LogP contribution in [-0.2, 0) is 10.9 Å². The van der Waals surface area contributed by atoms with Gasteiger partial charge < -0.3 is 20.7 Å². The van der Waals surface area contributed by atoms with Gasteiger partial charge in [0.2, 0.25) is 3.79 Å². The average Bonchev–Trinajstić information content (AvgIpc) is 2.72. The number of carbonyl (C=O) groups is 2. The molecule has 2 rings (SSSR count). The van der Waals surface area contributed by atoms with Crippen LogP contribution in [0.4, 0.5) is 18.9 Å². The molecule has 6 nitrogen and oxygen atoms in total. The normalized spacial score (nSPS) is 12.5. The van der Waals surface area contributed by atoms with Gasteiger partial charge >= 0.3 is 12.1 Å². The van der Waals surface area contributed by atoms with Crippen molar-refractivity contribution in [1.82, 2.24) is 10.6 Å². The smallest absolute Gasteiger partial charge is 0.416 e. The van der Waals surface area contributed by atoms with Crippen LogP contribution in [0, 0.1) is 0 Å². The van der Waals surface area contributed by atoms with Crippen molar-refractivity contribution in [2.24, 2.45) is 0 Å². The van der Waals surface area contributed by atoms with Crippen LogP contribution < -0.4 is 16.0 Å². The highest BCUT2D eigenvalue weighted by molar-refractivity contribution is 7.80. The van der Waals surface area contributed by atoms with Gasteiger partial charge in [-0.1, -0.05) is 34.8 Å². The molecule has 0 aliphatic carbocycles. The predicted octanol–water partition coefficient (Wildman–Crippen LogP) is 5.29. The van der Waals surface area contributed by atoms with Gasteiger partial charge in [0.1, 0.15) is 6.17 Å². The van der Waals surface area contributed by atoms with E-state index >= 15 is 0 Å². The molecule has 13 heteroatoms. The first-order chi connectivity index (χ1) is 15.3. The number of nitrogens with one attached hydrogen (secondary N) is 3. The molecular formula is C20H17Cl3F3N3O3S. The maximum absolute atomic E-state index is 12.7. The van der Waals surface area contributed by atoms with Gasteiger partial charge in [-0.25, -0.2) is 4.79 Å². The Morgan fingerprint density at radius 3 is 2.00 bits per heavy atom.